The van der Waals surface area contributed by atoms with Crippen molar-refractivity contribution in [2.24, 2.45) is 0 Å². The van der Waals surface area contributed by atoms with Crippen molar-refractivity contribution in [3.05, 3.63) is 60.2 Å². The van der Waals surface area contributed by atoms with E-state index in [0.29, 0.717) is 11.4 Å². The lowest BCUT2D eigenvalue weighted by atomic mass is 10.2. The van der Waals surface area contributed by atoms with Gasteiger partial charge in [-0.2, -0.15) is 18.3 Å². The summed E-state index contributed by atoms with van der Waals surface area (Å²) in [4.78, 5) is 23.9. The van der Waals surface area contributed by atoms with Crippen LogP contribution in [0.25, 0.3) is 11.4 Å². The van der Waals surface area contributed by atoms with Crippen LogP contribution in [0.4, 0.5) is 23.7 Å². The normalized spacial score (nSPS) is 15.9. The van der Waals surface area contributed by atoms with Crippen molar-refractivity contribution in [1.82, 2.24) is 25.1 Å². The summed E-state index contributed by atoms with van der Waals surface area (Å²) in [5, 5.41) is 5.43. The molecule has 0 radical (unpaired) electrons. The number of nitrogens with one attached hydrogen (secondary N) is 1. The molecule has 1 aromatic carbocycles. The molecule has 13 heteroatoms. The highest BCUT2D eigenvalue weighted by atomic mass is 32.2. The first-order chi connectivity index (χ1) is 15.6. The van der Waals surface area contributed by atoms with Crippen LogP contribution >= 0.6 is 0 Å². The van der Waals surface area contributed by atoms with E-state index in [4.69, 9.17) is 0 Å². The minimum atomic E-state index is -4.64. The Labute approximate surface area is 187 Å². The Kier molecular flexibility index (Phi) is 6.06. The molecule has 2 aromatic heterocycles. The highest BCUT2D eigenvalue weighted by Gasteiger charge is 2.35. The molecule has 3 aromatic rings. The van der Waals surface area contributed by atoms with Gasteiger partial charge in [-0.15, -0.1) is 0 Å². The van der Waals surface area contributed by atoms with E-state index in [1.54, 1.807) is 36.4 Å². The monoisotopic (exact) mass is 480 g/mol. The summed E-state index contributed by atoms with van der Waals surface area (Å²) < 4.78 is 61.6. The zero-order chi connectivity index (χ0) is 23.6. The number of H-pyrrole nitrogens is 1. The zero-order valence-electron chi connectivity index (χ0n) is 17.2. The Morgan fingerprint density at radius 1 is 1.09 bits per heavy atom. The number of amides is 2. The molecule has 2 amide bonds. The fourth-order valence-electron chi connectivity index (χ4n) is 3.28. The number of alkyl halides is 3. The Morgan fingerprint density at radius 2 is 1.79 bits per heavy atom. The topological polar surface area (TPSA) is 112 Å². The average Bonchev–Trinajstić information content (AvgIpc) is 3.29. The third-order valence-corrected chi connectivity index (χ3v) is 6.68. The van der Waals surface area contributed by atoms with Crippen LogP contribution in [-0.2, 0) is 22.6 Å². The smallest absolute Gasteiger partial charge is 0.322 e. The number of anilines is 1. The van der Waals surface area contributed by atoms with Crippen molar-refractivity contribution in [3.8, 4) is 11.4 Å². The number of carbonyl (C=O) groups excluding carboxylic acids is 1. The molecule has 9 nitrogen and oxygen atoms in total. The molecule has 1 saturated heterocycles. The molecule has 0 aliphatic carbocycles. The van der Waals surface area contributed by atoms with Gasteiger partial charge in [-0.3, -0.25) is 15.0 Å². The third-order valence-electron chi connectivity index (χ3n) is 5.07. The number of sulfone groups is 1. The summed E-state index contributed by atoms with van der Waals surface area (Å²) in [6.45, 7) is 0.278. The van der Waals surface area contributed by atoms with Gasteiger partial charge >= 0.3 is 12.2 Å². The Balaban J connectivity index is 1.54. The quantitative estimate of drug-likeness (QED) is 0.615. The van der Waals surface area contributed by atoms with E-state index in [9.17, 15) is 26.4 Å². The number of aromatic amines is 1. The number of carbonyl (C=O) groups is 1. The molecule has 0 saturated carbocycles. The second-order valence-corrected chi connectivity index (χ2v) is 9.69. The number of benzene rings is 1. The maximum absolute atomic E-state index is 13.2. The second kappa shape index (κ2) is 8.81. The molecule has 1 N–H and O–H groups in total. The highest BCUT2D eigenvalue weighted by molar-refractivity contribution is 7.91. The van der Waals surface area contributed by atoms with Crippen LogP contribution in [0, 0.1) is 0 Å². The van der Waals surface area contributed by atoms with Gasteiger partial charge in [-0.05, 0) is 24.3 Å². The Bertz CT molecular complexity index is 1220. The van der Waals surface area contributed by atoms with E-state index in [1.165, 1.54) is 22.1 Å². The molecule has 174 valence electrons. The number of rotatable bonds is 4. The fourth-order valence-corrected chi connectivity index (χ4v) is 4.48. The molecule has 3 heterocycles. The van der Waals surface area contributed by atoms with E-state index in [0.717, 1.165) is 0 Å². The molecule has 0 atom stereocenters. The van der Waals surface area contributed by atoms with Crippen LogP contribution in [-0.4, -0.2) is 64.1 Å². The van der Waals surface area contributed by atoms with E-state index in [2.05, 4.69) is 15.1 Å². The van der Waals surface area contributed by atoms with Crippen LogP contribution in [0.2, 0.25) is 0 Å². The van der Waals surface area contributed by atoms with E-state index < -0.39 is 21.8 Å². The third kappa shape index (κ3) is 5.30. The van der Waals surface area contributed by atoms with Crippen molar-refractivity contribution in [2.45, 2.75) is 12.7 Å². The van der Waals surface area contributed by atoms with Crippen LogP contribution in [0.3, 0.4) is 0 Å². The number of pyridine rings is 1. The molecule has 0 bridgehead atoms. The van der Waals surface area contributed by atoms with Crippen molar-refractivity contribution in [1.29, 1.82) is 0 Å². The lowest BCUT2D eigenvalue weighted by molar-refractivity contribution is -0.144. The van der Waals surface area contributed by atoms with Crippen LogP contribution in [0.15, 0.2) is 48.7 Å². The first kappa shape index (κ1) is 22.7. The average molecular weight is 480 g/mol. The molecule has 0 unspecified atom stereocenters. The molecule has 4 rings (SSSR count). The van der Waals surface area contributed by atoms with Gasteiger partial charge in [0.15, 0.2) is 15.7 Å². The lowest BCUT2D eigenvalue weighted by Crippen LogP contribution is -2.49. The number of hydrogen-bond donors (Lipinski definition) is 1. The number of para-hydroxylation sites is 1. The first-order valence-corrected chi connectivity index (χ1v) is 11.7. The van der Waals surface area contributed by atoms with Crippen LogP contribution in [0.1, 0.15) is 11.5 Å². The fraction of sp³-hybridized carbons (Fsp3) is 0.300. The van der Waals surface area contributed by atoms with Gasteiger partial charge in [0, 0.05) is 30.5 Å². The van der Waals surface area contributed by atoms with Gasteiger partial charge in [-0.1, -0.05) is 18.2 Å². The summed E-state index contributed by atoms with van der Waals surface area (Å²) in [5.41, 5.74) is 1.36. The van der Waals surface area contributed by atoms with Crippen molar-refractivity contribution in [2.75, 3.05) is 29.5 Å². The maximum Gasteiger partial charge on any atom is 0.451 e. The SMILES string of the molecule is O=C(N1CCS(=O)(=O)CC1)N(Cc1ccc(-c2n[nH]c(C(F)(F)F)n2)cn1)c1ccccc1. The molecule has 1 aliphatic rings. The van der Waals surface area contributed by atoms with Crippen molar-refractivity contribution < 1.29 is 26.4 Å². The highest BCUT2D eigenvalue weighted by Crippen LogP contribution is 2.27. The minimum Gasteiger partial charge on any atom is -0.322 e. The van der Waals surface area contributed by atoms with Gasteiger partial charge in [0.1, 0.15) is 0 Å². The van der Waals surface area contributed by atoms with Gasteiger partial charge in [-0.25, -0.2) is 18.2 Å². The summed E-state index contributed by atoms with van der Waals surface area (Å²) in [5.74, 6) is -1.53. The van der Waals surface area contributed by atoms with E-state index in [1.807, 2.05) is 5.10 Å². The number of halogens is 3. The van der Waals surface area contributed by atoms with E-state index in [-0.39, 0.29) is 48.6 Å². The molecule has 0 spiro atoms. The largest absolute Gasteiger partial charge is 0.451 e. The van der Waals surface area contributed by atoms with Crippen LogP contribution in [0.5, 0.6) is 0 Å². The minimum absolute atomic E-state index is 0.0776. The zero-order valence-corrected chi connectivity index (χ0v) is 18.0. The second-order valence-electron chi connectivity index (χ2n) is 7.39. The van der Waals surface area contributed by atoms with Gasteiger partial charge in [0.05, 0.1) is 23.7 Å². The van der Waals surface area contributed by atoms with Crippen LogP contribution < -0.4 is 4.90 Å². The summed E-state index contributed by atoms with van der Waals surface area (Å²) >= 11 is 0. The van der Waals surface area contributed by atoms with Crippen molar-refractivity contribution in [3.63, 3.8) is 0 Å². The van der Waals surface area contributed by atoms with Crippen molar-refractivity contribution >= 4 is 21.6 Å². The Hall–Kier alpha value is -3.48. The summed E-state index contributed by atoms with van der Waals surface area (Å²) in [6.07, 6.45) is -3.30. The molecular weight excluding hydrogens is 461 g/mol. The summed E-state index contributed by atoms with van der Waals surface area (Å²) in [7, 11) is -3.15. The molecule has 1 fully saturated rings. The predicted molar refractivity (Wildman–Crippen MR) is 113 cm³/mol. The lowest BCUT2D eigenvalue weighted by Gasteiger charge is -2.32. The van der Waals surface area contributed by atoms with Gasteiger partial charge in [0.2, 0.25) is 5.82 Å². The molecule has 1 aliphatic heterocycles. The van der Waals surface area contributed by atoms with E-state index >= 15 is 0 Å². The number of urea groups is 1. The summed E-state index contributed by atoms with van der Waals surface area (Å²) in [6, 6.07) is 11.6. The predicted octanol–water partition coefficient (Wildman–Crippen LogP) is 2.74. The van der Waals surface area contributed by atoms with Gasteiger partial charge < -0.3 is 4.90 Å². The number of aromatic nitrogens is 4. The number of hydrogen-bond acceptors (Lipinski definition) is 6. The molecule has 33 heavy (non-hydrogen) atoms. The Morgan fingerprint density at radius 3 is 2.36 bits per heavy atom. The first-order valence-electron chi connectivity index (χ1n) is 9.89. The maximum atomic E-state index is 13.2. The molecular formula is C20H19F3N6O3S. The standard InChI is InChI=1S/C20H19F3N6O3S/c21-20(22,23)18-25-17(26-27-18)14-6-7-15(24-12-14)13-29(16-4-2-1-3-5-16)19(30)28-8-10-33(31,32)11-9-28/h1-7,12H,8-11,13H2,(H,25,26,27). The number of nitrogens with zero attached hydrogens (tertiary/aromatic N) is 5. The van der Waals surface area contributed by atoms with Gasteiger partial charge in [0.25, 0.3) is 0 Å².